The number of ether oxygens (including phenoxy) is 1. The first kappa shape index (κ1) is 12.5. The summed E-state index contributed by atoms with van der Waals surface area (Å²) in [6, 6.07) is 7.12. The van der Waals surface area contributed by atoms with Gasteiger partial charge in [-0.05, 0) is 30.7 Å². The first-order chi connectivity index (χ1) is 8.13. The van der Waals surface area contributed by atoms with E-state index in [0.717, 1.165) is 17.9 Å². The van der Waals surface area contributed by atoms with Crippen LogP contribution >= 0.6 is 11.8 Å². The molecule has 2 atom stereocenters. The monoisotopic (exact) mass is 259 g/mol. The van der Waals surface area contributed by atoms with Crippen LogP contribution in [0.4, 0.5) is 14.5 Å². The van der Waals surface area contributed by atoms with Gasteiger partial charge in [-0.3, -0.25) is 0 Å². The summed E-state index contributed by atoms with van der Waals surface area (Å²) in [6.07, 6.45) is 1.14. The summed E-state index contributed by atoms with van der Waals surface area (Å²) in [5.41, 5.74) is 0.950. The van der Waals surface area contributed by atoms with Crippen LogP contribution in [0.3, 0.4) is 0 Å². The number of halogens is 2. The van der Waals surface area contributed by atoms with Gasteiger partial charge in [-0.1, -0.05) is 6.92 Å². The third kappa shape index (κ3) is 3.77. The fourth-order valence-electron chi connectivity index (χ4n) is 1.89. The molecule has 1 aromatic rings. The Kier molecular flexibility index (Phi) is 4.10. The van der Waals surface area contributed by atoms with Crippen LogP contribution in [-0.4, -0.2) is 23.7 Å². The molecule has 1 aromatic carbocycles. The topological polar surface area (TPSA) is 21.3 Å². The lowest BCUT2D eigenvalue weighted by Crippen LogP contribution is -2.18. The maximum absolute atomic E-state index is 12.0. The molecule has 1 saturated heterocycles. The third-order valence-corrected chi connectivity index (χ3v) is 4.00. The van der Waals surface area contributed by atoms with Crippen molar-refractivity contribution >= 4 is 17.4 Å². The van der Waals surface area contributed by atoms with Gasteiger partial charge in [0, 0.05) is 22.7 Å². The van der Waals surface area contributed by atoms with Crippen molar-refractivity contribution in [3.05, 3.63) is 24.3 Å². The Morgan fingerprint density at radius 1 is 1.35 bits per heavy atom. The van der Waals surface area contributed by atoms with Gasteiger partial charge in [-0.25, -0.2) is 0 Å². The number of thioether (sulfide) groups is 1. The number of benzene rings is 1. The molecule has 1 aliphatic rings. The second-order valence-corrected chi connectivity index (χ2v) is 5.60. The highest BCUT2D eigenvalue weighted by Gasteiger charge is 2.21. The standard InChI is InChI=1S/C12H15F2NOS/c1-8-6-10(7-17-8)15-9-2-4-11(5-3-9)16-12(13)14/h2-5,8,10,12,15H,6-7H2,1H3. The summed E-state index contributed by atoms with van der Waals surface area (Å²) in [5.74, 6) is 1.29. The fraction of sp³-hybridized carbons (Fsp3) is 0.500. The van der Waals surface area contributed by atoms with E-state index >= 15 is 0 Å². The van der Waals surface area contributed by atoms with Crippen LogP contribution in [0.2, 0.25) is 0 Å². The SMILES string of the molecule is CC1CC(Nc2ccc(OC(F)F)cc2)CS1. The Hall–Kier alpha value is -0.970. The predicted octanol–water partition coefficient (Wildman–Crippen LogP) is 3.59. The average molecular weight is 259 g/mol. The minimum absolute atomic E-state index is 0.194. The lowest BCUT2D eigenvalue weighted by Gasteiger charge is -2.13. The summed E-state index contributed by atoms with van der Waals surface area (Å²) in [5, 5.41) is 4.08. The summed E-state index contributed by atoms with van der Waals surface area (Å²) in [4.78, 5) is 0. The highest BCUT2D eigenvalue weighted by molar-refractivity contribution is 8.00. The molecule has 0 spiro atoms. The Morgan fingerprint density at radius 3 is 2.59 bits per heavy atom. The van der Waals surface area contributed by atoms with E-state index in [0.29, 0.717) is 11.3 Å². The highest BCUT2D eigenvalue weighted by Crippen LogP contribution is 2.28. The van der Waals surface area contributed by atoms with E-state index in [1.807, 2.05) is 11.8 Å². The molecule has 2 unspecified atom stereocenters. The summed E-state index contributed by atoms with van der Waals surface area (Å²) < 4.78 is 28.2. The zero-order valence-electron chi connectivity index (χ0n) is 9.53. The molecular weight excluding hydrogens is 244 g/mol. The van der Waals surface area contributed by atoms with Crippen molar-refractivity contribution in [2.24, 2.45) is 0 Å². The van der Waals surface area contributed by atoms with E-state index in [2.05, 4.69) is 17.0 Å². The van der Waals surface area contributed by atoms with E-state index in [1.165, 1.54) is 0 Å². The van der Waals surface area contributed by atoms with Gasteiger partial charge in [-0.2, -0.15) is 20.5 Å². The van der Waals surface area contributed by atoms with Gasteiger partial charge in [0.05, 0.1) is 0 Å². The molecule has 1 aliphatic heterocycles. The van der Waals surface area contributed by atoms with Crippen LogP contribution in [0, 0.1) is 0 Å². The van der Waals surface area contributed by atoms with Crippen LogP contribution < -0.4 is 10.1 Å². The van der Waals surface area contributed by atoms with Crippen molar-refractivity contribution in [2.45, 2.75) is 31.2 Å². The van der Waals surface area contributed by atoms with Gasteiger partial charge in [0.25, 0.3) is 0 Å². The van der Waals surface area contributed by atoms with Gasteiger partial charge < -0.3 is 10.1 Å². The van der Waals surface area contributed by atoms with Crippen molar-refractivity contribution in [1.82, 2.24) is 0 Å². The van der Waals surface area contributed by atoms with Gasteiger partial charge in [0.2, 0.25) is 0 Å². The van der Waals surface area contributed by atoms with Crippen molar-refractivity contribution in [3.63, 3.8) is 0 Å². The molecule has 1 fully saturated rings. The Labute approximate surface area is 104 Å². The zero-order valence-corrected chi connectivity index (χ0v) is 10.3. The highest BCUT2D eigenvalue weighted by atomic mass is 32.2. The second-order valence-electron chi connectivity index (χ2n) is 4.12. The number of rotatable bonds is 4. The van der Waals surface area contributed by atoms with Crippen molar-refractivity contribution in [2.75, 3.05) is 11.1 Å². The number of hydrogen-bond donors (Lipinski definition) is 1. The van der Waals surface area contributed by atoms with Crippen LogP contribution in [0.5, 0.6) is 5.75 Å². The van der Waals surface area contributed by atoms with Crippen molar-refractivity contribution < 1.29 is 13.5 Å². The van der Waals surface area contributed by atoms with E-state index in [9.17, 15) is 8.78 Å². The first-order valence-electron chi connectivity index (χ1n) is 5.56. The Balaban J connectivity index is 1.89. The van der Waals surface area contributed by atoms with Gasteiger partial charge >= 0.3 is 6.61 Å². The summed E-state index contributed by atoms with van der Waals surface area (Å²) in [7, 11) is 0. The molecule has 1 heterocycles. The van der Waals surface area contributed by atoms with Gasteiger partial charge in [0.1, 0.15) is 5.75 Å². The number of hydrogen-bond acceptors (Lipinski definition) is 3. The molecule has 0 saturated carbocycles. The third-order valence-electron chi connectivity index (χ3n) is 2.65. The molecule has 2 rings (SSSR count). The van der Waals surface area contributed by atoms with Crippen LogP contribution in [0.15, 0.2) is 24.3 Å². The minimum atomic E-state index is -2.76. The molecule has 0 radical (unpaired) electrons. The molecule has 5 heteroatoms. The van der Waals surface area contributed by atoms with Crippen molar-refractivity contribution in [1.29, 1.82) is 0 Å². The van der Waals surface area contributed by atoms with Crippen molar-refractivity contribution in [3.8, 4) is 5.75 Å². The second kappa shape index (κ2) is 5.58. The van der Waals surface area contributed by atoms with Crippen LogP contribution in [-0.2, 0) is 0 Å². The zero-order chi connectivity index (χ0) is 12.3. The van der Waals surface area contributed by atoms with E-state index in [-0.39, 0.29) is 5.75 Å². The predicted molar refractivity (Wildman–Crippen MR) is 67.0 cm³/mol. The number of anilines is 1. The smallest absolute Gasteiger partial charge is 0.387 e. The van der Waals surface area contributed by atoms with Gasteiger partial charge in [-0.15, -0.1) is 0 Å². The van der Waals surface area contributed by atoms with E-state index < -0.39 is 6.61 Å². The molecule has 0 aromatic heterocycles. The molecular formula is C12H15F2NOS. The Morgan fingerprint density at radius 2 is 2.06 bits per heavy atom. The number of alkyl halides is 2. The molecule has 0 aliphatic carbocycles. The molecule has 2 nitrogen and oxygen atoms in total. The molecule has 1 N–H and O–H groups in total. The average Bonchev–Trinajstić information content (AvgIpc) is 2.66. The molecule has 0 amide bonds. The summed E-state index contributed by atoms with van der Waals surface area (Å²) >= 11 is 1.95. The number of nitrogens with one attached hydrogen (secondary N) is 1. The normalized spacial score (nSPS) is 24.0. The fourth-order valence-corrected chi connectivity index (χ4v) is 3.03. The largest absolute Gasteiger partial charge is 0.435 e. The van der Waals surface area contributed by atoms with Gasteiger partial charge in [0.15, 0.2) is 0 Å². The van der Waals surface area contributed by atoms with Crippen LogP contribution in [0.1, 0.15) is 13.3 Å². The molecule has 94 valence electrons. The van der Waals surface area contributed by atoms with Crippen LogP contribution in [0.25, 0.3) is 0 Å². The van der Waals surface area contributed by atoms with E-state index in [4.69, 9.17) is 0 Å². The Bertz CT molecular complexity index is 358. The maximum atomic E-state index is 12.0. The molecule has 17 heavy (non-hydrogen) atoms. The summed E-state index contributed by atoms with van der Waals surface area (Å²) in [6.45, 7) is -0.549. The lowest BCUT2D eigenvalue weighted by molar-refractivity contribution is -0.0498. The maximum Gasteiger partial charge on any atom is 0.387 e. The van der Waals surface area contributed by atoms with E-state index in [1.54, 1.807) is 24.3 Å². The molecule has 0 bridgehead atoms. The minimum Gasteiger partial charge on any atom is -0.435 e. The quantitative estimate of drug-likeness (QED) is 0.892. The first-order valence-corrected chi connectivity index (χ1v) is 6.61. The lowest BCUT2D eigenvalue weighted by atomic mass is 10.2.